The molecule has 0 aliphatic heterocycles. The summed E-state index contributed by atoms with van der Waals surface area (Å²) in [5, 5.41) is 2.51. The van der Waals surface area contributed by atoms with Gasteiger partial charge in [-0.15, -0.1) is 12.4 Å². The Labute approximate surface area is 120 Å². The number of rotatable bonds is 6. The summed E-state index contributed by atoms with van der Waals surface area (Å²) < 4.78 is 9.72. The maximum Gasteiger partial charge on any atom is 0.408 e. The van der Waals surface area contributed by atoms with Crippen molar-refractivity contribution in [1.82, 2.24) is 5.32 Å². The molecule has 0 aromatic heterocycles. The van der Waals surface area contributed by atoms with Crippen LogP contribution in [0.1, 0.15) is 40.0 Å². The van der Waals surface area contributed by atoms with Gasteiger partial charge in [0.25, 0.3) is 0 Å². The third-order valence-electron chi connectivity index (χ3n) is 2.12. The summed E-state index contributed by atoms with van der Waals surface area (Å²) in [6.45, 7) is 5.83. The van der Waals surface area contributed by atoms with Crippen LogP contribution in [0.15, 0.2) is 0 Å². The largest absolute Gasteiger partial charge is 0.467 e. The van der Waals surface area contributed by atoms with Crippen LogP contribution in [-0.4, -0.2) is 37.4 Å². The van der Waals surface area contributed by atoms with Gasteiger partial charge in [0.05, 0.1) is 7.11 Å². The molecule has 1 atom stereocenters. The fourth-order valence-electron chi connectivity index (χ4n) is 1.33. The first-order valence-corrected chi connectivity index (χ1v) is 6.07. The molecule has 0 bridgehead atoms. The normalized spacial score (nSPS) is 12.1. The van der Waals surface area contributed by atoms with Crippen LogP contribution >= 0.6 is 12.4 Å². The number of alkyl carbamates (subject to hydrolysis) is 1. The van der Waals surface area contributed by atoms with E-state index in [2.05, 4.69) is 10.1 Å². The number of carbonyl (C=O) groups is 2. The summed E-state index contributed by atoms with van der Waals surface area (Å²) in [7, 11) is 1.29. The quantitative estimate of drug-likeness (QED) is 0.574. The van der Waals surface area contributed by atoms with Crippen molar-refractivity contribution >= 4 is 24.5 Å². The summed E-state index contributed by atoms with van der Waals surface area (Å²) in [4.78, 5) is 23.0. The van der Waals surface area contributed by atoms with Crippen LogP contribution in [0.4, 0.5) is 4.79 Å². The van der Waals surface area contributed by atoms with Crippen LogP contribution in [0.2, 0.25) is 0 Å². The molecule has 0 heterocycles. The van der Waals surface area contributed by atoms with Crippen LogP contribution in [0.3, 0.4) is 0 Å². The van der Waals surface area contributed by atoms with Gasteiger partial charge in [-0.1, -0.05) is 0 Å². The van der Waals surface area contributed by atoms with Gasteiger partial charge in [0.15, 0.2) is 0 Å². The number of unbranched alkanes of at least 4 members (excludes halogenated alkanes) is 1. The van der Waals surface area contributed by atoms with Gasteiger partial charge in [-0.2, -0.15) is 0 Å². The van der Waals surface area contributed by atoms with Gasteiger partial charge in [-0.3, -0.25) is 0 Å². The van der Waals surface area contributed by atoms with E-state index in [0.717, 1.165) is 12.8 Å². The Morgan fingerprint density at radius 3 is 2.26 bits per heavy atom. The van der Waals surface area contributed by atoms with E-state index in [1.54, 1.807) is 20.8 Å². The Morgan fingerprint density at radius 1 is 1.26 bits per heavy atom. The van der Waals surface area contributed by atoms with E-state index >= 15 is 0 Å². The van der Waals surface area contributed by atoms with E-state index in [-0.39, 0.29) is 12.4 Å². The van der Waals surface area contributed by atoms with Crippen molar-refractivity contribution in [2.75, 3.05) is 13.7 Å². The molecule has 6 nitrogen and oxygen atoms in total. The molecule has 114 valence electrons. The number of carbonyl (C=O) groups excluding carboxylic acids is 2. The zero-order valence-corrected chi connectivity index (χ0v) is 12.8. The summed E-state index contributed by atoms with van der Waals surface area (Å²) in [6, 6.07) is -0.684. The number of amides is 1. The van der Waals surface area contributed by atoms with Crippen molar-refractivity contribution < 1.29 is 19.1 Å². The molecule has 0 aromatic carbocycles. The molecule has 0 aliphatic carbocycles. The molecule has 0 fully saturated rings. The van der Waals surface area contributed by atoms with E-state index in [1.807, 2.05) is 0 Å². The van der Waals surface area contributed by atoms with Crippen LogP contribution < -0.4 is 11.1 Å². The van der Waals surface area contributed by atoms with Gasteiger partial charge in [-0.05, 0) is 46.6 Å². The first-order chi connectivity index (χ1) is 8.30. The smallest absolute Gasteiger partial charge is 0.408 e. The minimum absolute atomic E-state index is 0. The second-order valence-electron chi connectivity index (χ2n) is 5.01. The fraction of sp³-hybridized carbons (Fsp3) is 0.833. The summed E-state index contributed by atoms with van der Waals surface area (Å²) in [6.07, 6.45) is 1.41. The van der Waals surface area contributed by atoms with E-state index in [9.17, 15) is 9.59 Å². The third kappa shape index (κ3) is 10.6. The second kappa shape index (κ2) is 9.86. The zero-order valence-electron chi connectivity index (χ0n) is 12.0. The highest BCUT2D eigenvalue weighted by Gasteiger charge is 2.24. The van der Waals surface area contributed by atoms with Crippen molar-refractivity contribution in [3.05, 3.63) is 0 Å². The maximum absolute atomic E-state index is 11.6. The van der Waals surface area contributed by atoms with Crippen molar-refractivity contribution in [3.8, 4) is 0 Å². The highest BCUT2D eigenvalue weighted by atomic mass is 35.5. The van der Waals surface area contributed by atoms with Crippen LogP contribution in [0, 0.1) is 0 Å². The monoisotopic (exact) mass is 296 g/mol. The average Bonchev–Trinajstić information content (AvgIpc) is 2.24. The number of halogens is 1. The minimum Gasteiger partial charge on any atom is -0.467 e. The topological polar surface area (TPSA) is 90.6 Å². The van der Waals surface area contributed by atoms with Gasteiger partial charge in [0.2, 0.25) is 0 Å². The molecule has 0 aromatic rings. The van der Waals surface area contributed by atoms with Gasteiger partial charge in [-0.25, -0.2) is 9.59 Å². The van der Waals surface area contributed by atoms with Crippen molar-refractivity contribution in [2.24, 2.45) is 5.73 Å². The molecule has 0 unspecified atom stereocenters. The summed E-state index contributed by atoms with van der Waals surface area (Å²) in [5.41, 5.74) is 4.78. The molecular weight excluding hydrogens is 272 g/mol. The van der Waals surface area contributed by atoms with E-state index in [4.69, 9.17) is 10.5 Å². The Kier molecular flexibility index (Phi) is 10.5. The Balaban J connectivity index is 0. The molecule has 3 N–H and O–H groups in total. The Hall–Kier alpha value is -1.01. The lowest BCUT2D eigenvalue weighted by Crippen LogP contribution is -2.44. The third-order valence-corrected chi connectivity index (χ3v) is 2.12. The van der Waals surface area contributed by atoms with Crippen molar-refractivity contribution in [2.45, 2.75) is 51.7 Å². The Morgan fingerprint density at radius 2 is 1.84 bits per heavy atom. The first kappa shape index (κ1) is 20.3. The van der Waals surface area contributed by atoms with Crippen LogP contribution in [0.5, 0.6) is 0 Å². The van der Waals surface area contributed by atoms with Crippen molar-refractivity contribution in [1.29, 1.82) is 0 Å². The SMILES string of the molecule is COC(=O)[C@@H](CCCCN)NC(=O)OC(C)(C)C.Cl. The molecule has 19 heavy (non-hydrogen) atoms. The lowest BCUT2D eigenvalue weighted by molar-refractivity contribution is -0.143. The second-order valence-corrected chi connectivity index (χ2v) is 5.01. The number of hydrogen-bond acceptors (Lipinski definition) is 5. The molecule has 7 heteroatoms. The maximum atomic E-state index is 11.6. The predicted molar refractivity (Wildman–Crippen MR) is 75.3 cm³/mol. The lowest BCUT2D eigenvalue weighted by Gasteiger charge is -2.22. The Bertz CT molecular complexity index is 279. The molecule has 0 rings (SSSR count). The number of hydrogen-bond donors (Lipinski definition) is 2. The van der Waals surface area contributed by atoms with Gasteiger partial charge in [0, 0.05) is 0 Å². The molecule has 0 spiro atoms. The van der Waals surface area contributed by atoms with E-state index in [0.29, 0.717) is 13.0 Å². The predicted octanol–water partition coefficient (Wildman–Crippen LogP) is 1.60. The fourth-order valence-corrected chi connectivity index (χ4v) is 1.33. The number of esters is 1. The van der Waals surface area contributed by atoms with Gasteiger partial charge >= 0.3 is 12.1 Å². The number of methoxy groups -OCH3 is 1. The van der Waals surface area contributed by atoms with Gasteiger partial charge < -0.3 is 20.5 Å². The highest BCUT2D eigenvalue weighted by Crippen LogP contribution is 2.08. The molecule has 0 saturated heterocycles. The standard InChI is InChI=1S/C12H24N2O4.ClH/c1-12(2,3)18-11(16)14-9(10(15)17-4)7-5-6-8-13;/h9H,5-8,13H2,1-4H3,(H,14,16);1H/t9-;/m1./s1. The van der Waals surface area contributed by atoms with Crippen molar-refractivity contribution in [3.63, 3.8) is 0 Å². The number of nitrogens with one attached hydrogen (secondary N) is 1. The first-order valence-electron chi connectivity index (χ1n) is 6.07. The molecule has 1 amide bonds. The lowest BCUT2D eigenvalue weighted by atomic mass is 10.1. The number of nitrogens with two attached hydrogens (primary N) is 1. The molecule has 0 saturated carbocycles. The molecule has 0 aliphatic rings. The summed E-state index contributed by atoms with van der Waals surface area (Å²) >= 11 is 0. The van der Waals surface area contributed by atoms with Gasteiger partial charge in [0.1, 0.15) is 11.6 Å². The van der Waals surface area contributed by atoms with Crippen LogP contribution in [0.25, 0.3) is 0 Å². The average molecular weight is 297 g/mol. The molecule has 0 radical (unpaired) electrons. The summed E-state index contributed by atoms with van der Waals surface area (Å²) in [5.74, 6) is -0.474. The zero-order chi connectivity index (χ0) is 14.2. The van der Waals surface area contributed by atoms with E-state index in [1.165, 1.54) is 7.11 Å². The van der Waals surface area contributed by atoms with E-state index < -0.39 is 23.7 Å². The highest BCUT2D eigenvalue weighted by molar-refractivity contribution is 5.85. The van der Waals surface area contributed by atoms with Crippen LogP contribution in [-0.2, 0) is 14.3 Å². The molecular formula is C12H25ClN2O4. The number of ether oxygens (including phenoxy) is 2. The minimum atomic E-state index is -0.684.